The van der Waals surface area contributed by atoms with Gasteiger partial charge in [0.2, 0.25) is 0 Å². The van der Waals surface area contributed by atoms with Gasteiger partial charge in [0.15, 0.2) is 0 Å². The Labute approximate surface area is 133 Å². The number of nitriles is 1. The predicted octanol–water partition coefficient (Wildman–Crippen LogP) is 3.04. The zero-order chi connectivity index (χ0) is 16.4. The third-order valence-electron chi connectivity index (χ3n) is 4.07. The SMILES string of the molecule is COc1ccc2c(c1)CN(c1ccc(C#N)cc1[N+](=O)[O-])CC2. The van der Waals surface area contributed by atoms with Crippen molar-refractivity contribution < 1.29 is 9.66 Å². The van der Waals surface area contributed by atoms with Crippen molar-refractivity contribution in [2.75, 3.05) is 18.6 Å². The number of hydrogen-bond acceptors (Lipinski definition) is 5. The lowest BCUT2D eigenvalue weighted by atomic mass is 9.98. The fourth-order valence-electron chi connectivity index (χ4n) is 2.87. The minimum Gasteiger partial charge on any atom is -0.497 e. The summed E-state index contributed by atoms with van der Waals surface area (Å²) in [5.74, 6) is 0.778. The first-order valence-electron chi connectivity index (χ1n) is 7.21. The van der Waals surface area contributed by atoms with Gasteiger partial charge in [-0.2, -0.15) is 5.26 Å². The molecule has 6 nitrogen and oxygen atoms in total. The quantitative estimate of drug-likeness (QED) is 0.643. The van der Waals surface area contributed by atoms with E-state index in [9.17, 15) is 10.1 Å². The third-order valence-corrected chi connectivity index (χ3v) is 4.07. The van der Waals surface area contributed by atoms with Gasteiger partial charge in [-0.15, -0.1) is 0 Å². The summed E-state index contributed by atoms with van der Waals surface area (Å²) in [5, 5.41) is 20.3. The molecule has 1 aliphatic rings. The maximum Gasteiger partial charge on any atom is 0.293 e. The molecular formula is C17H15N3O3. The lowest BCUT2D eigenvalue weighted by molar-refractivity contribution is -0.384. The molecule has 0 fully saturated rings. The molecule has 0 bridgehead atoms. The molecule has 0 unspecified atom stereocenters. The molecule has 1 aliphatic heterocycles. The normalized spacial score (nSPS) is 13.1. The number of anilines is 1. The van der Waals surface area contributed by atoms with Crippen LogP contribution in [-0.2, 0) is 13.0 Å². The molecule has 0 N–H and O–H groups in total. The van der Waals surface area contributed by atoms with E-state index in [0.29, 0.717) is 24.3 Å². The van der Waals surface area contributed by atoms with Crippen molar-refractivity contribution in [1.82, 2.24) is 0 Å². The first-order valence-corrected chi connectivity index (χ1v) is 7.21. The van der Waals surface area contributed by atoms with Gasteiger partial charge in [0.25, 0.3) is 5.69 Å². The maximum atomic E-state index is 11.3. The highest BCUT2D eigenvalue weighted by Crippen LogP contribution is 2.33. The first-order chi connectivity index (χ1) is 11.1. The summed E-state index contributed by atoms with van der Waals surface area (Å²) in [7, 11) is 1.62. The van der Waals surface area contributed by atoms with E-state index in [4.69, 9.17) is 10.00 Å². The van der Waals surface area contributed by atoms with Crippen molar-refractivity contribution in [3.8, 4) is 11.8 Å². The van der Waals surface area contributed by atoms with E-state index in [1.807, 2.05) is 29.2 Å². The van der Waals surface area contributed by atoms with Crippen molar-refractivity contribution in [2.24, 2.45) is 0 Å². The Morgan fingerprint density at radius 3 is 2.78 bits per heavy atom. The van der Waals surface area contributed by atoms with Crippen LogP contribution in [0, 0.1) is 21.4 Å². The molecule has 0 saturated heterocycles. The highest BCUT2D eigenvalue weighted by atomic mass is 16.6. The third kappa shape index (κ3) is 2.81. The van der Waals surface area contributed by atoms with E-state index in [-0.39, 0.29) is 5.69 Å². The number of methoxy groups -OCH3 is 1. The van der Waals surface area contributed by atoms with Gasteiger partial charge in [0.1, 0.15) is 11.4 Å². The minimum absolute atomic E-state index is 0.0320. The molecule has 1 heterocycles. The number of nitrogens with zero attached hydrogens (tertiary/aromatic N) is 3. The van der Waals surface area contributed by atoms with Crippen LogP contribution in [0.2, 0.25) is 0 Å². The van der Waals surface area contributed by atoms with Crippen LogP contribution < -0.4 is 9.64 Å². The summed E-state index contributed by atoms with van der Waals surface area (Å²) in [6, 6.07) is 12.5. The van der Waals surface area contributed by atoms with Gasteiger partial charge in [-0.3, -0.25) is 10.1 Å². The Bertz CT molecular complexity index is 811. The molecule has 2 aromatic rings. The Balaban J connectivity index is 1.97. The molecule has 0 amide bonds. The standard InChI is InChI=1S/C17H15N3O3/c1-23-15-4-3-13-6-7-19(11-14(13)9-15)16-5-2-12(10-18)8-17(16)20(21)22/h2-5,8-9H,6-7,11H2,1H3. The second-order valence-corrected chi connectivity index (χ2v) is 5.38. The molecule has 2 aromatic carbocycles. The van der Waals surface area contributed by atoms with Gasteiger partial charge < -0.3 is 9.64 Å². The van der Waals surface area contributed by atoms with Crippen LogP contribution in [0.3, 0.4) is 0 Å². The van der Waals surface area contributed by atoms with E-state index >= 15 is 0 Å². The van der Waals surface area contributed by atoms with Gasteiger partial charge in [-0.1, -0.05) is 6.07 Å². The molecule has 0 saturated carbocycles. The van der Waals surface area contributed by atoms with Crippen molar-refractivity contribution >= 4 is 11.4 Å². The van der Waals surface area contributed by atoms with E-state index in [2.05, 4.69) is 0 Å². The number of fused-ring (bicyclic) bond motifs is 1. The molecule has 0 aliphatic carbocycles. The van der Waals surface area contributed by atoms with Crippen LogP contribution in [0.15, 0.2) is 36.4 Å². The van der Waals surface area contributed by atoms with Crippen LogP contribution in [0.5, 0.6) is 5.75 Å². The number of benzene rings is 2. The van der Waals surface area contributed by atoms with Crippen molar-refractivity contribution in [3.05, 3.63) is 63.2 Å². The molecule has 23 heavy (non-hydrogen) atoms. The molecular weight excluding hydrogens is 294 g/mol. The van der Waals surface area contributed by atoms with Crippen molar-refractivity contribution in [1.29, 1.82) is 5.26 Å². The monoisotopic (exact) mass is 309 g/mol. The van der Waals surface area contributed by atoms with Crippen LogP contribution in [0.25, 0.3) is 0 Å². The highest BCUT2D eigenvalue weighted by molar-refractivity contribution is 5.66. The van der Waals surface area contributed by atoms with E-state index in [1.165, 1.54) is 11.6 Å². The van der Waals surface area contributed by atoms with Crippen LogP contribution in [0.1, 0.15) is 16.7 Å². The Hall–Kier alpha value is -3.07. The van der Waals surface area contributed by atoms with Crippen LogP contribution in [-0.4, -0.2) is 18.6 Å². The van der Waals surface area contributed by atoms with Crippen LogP contribution >= 0.6 is 0 Å². The van der Waals surface area contributed by atoms with Gasteiger partial charge in [0, 0.05) is 19.2 Å². The lowest BCUT2D eigenvalue weighted by Gasteiger charge is -2.30. The van der Waals surface area contributed by atoms with Gasteiger partial charge >= 0.3 is 0 Å². The topological polar surface area (TPSA) is 79.4 Å². The van der Waals surface area contributed by atoms with Gasteiger partial charge in [0.05, 0.1) is 23.7 Å². The number of nitro groups is 1. The lowest BCUT2D eigenvalue weighted by Crippen LogP contribution is -2.30. The Morgan fingerprint density at radius 2 is 2.09 bits per heavy atom. The van der Waals surface area contributed by atoms with Crippen LogP contribution in [0.4, 0.5) is 11.4 Å². The molecule has 116 valence electrons. The molecule has 0 spiro atoms. The van der Waals surface area contributed by atoms with E-state index in [0.717, 1.165) is 17.7 Å². The summed E-state index contributed by atoms with van der Waals surface area (Å²) < 4.78 is 5.25. The second-order valence-electron chi connectivity index (χ2n) is 5.38. The van der Waals surface area contributed by atoms with Gasteiger partial charge in [-0.05, 0) is 41.8 Å². The molecule has 0 aromatic heterocycles. The summed E-state index contributed by atoms with van der Waals surface area (Å²) in [6.45, 7) is 1.28. The molecule has 0 radical (unpaired) electrons. The molecule has 6 heteroatoms. The zero-order valence-corrected chi connectivity index (χ0v) is 12.7. The fraction of sp³-hybridized carbons (Fsp3) is 0.235. The molecule has 3 rings (SSSR count). The van der Waals surface area contributed by atoms with E-state index < -0.39 is 4.92 Å². The summed E-state index contributed by atoms with van der Waals surface area (Å²) in [4.78, 5) is 12.9. The Kier molecular flexibility index (Phi) is 3.85. The average molecular weight is 309 g/mol. The molecule has 0 atom stereocenters. The summed E-state index contributed by atoms with van der Waals surface area (Å²) >= 11 is 0. The Morgan fingerprint density at radius 1 is 1.26 bits per heavy atom. The second kappa shape index (κ2) is 5.97. The largest absolute Gasteiger partial charge is 0.497 e. The number of rotatable bonds is 3. The predicted molar refractivity (Wildman–Crippen MR) is 85.6 cm³/mol. The fourth-order valence-corrected chi connectivity index (χ4v) is 2.87. The van der Waals surface area contributed by atoms with Crippen molar-refractivity contribution in [3.63, 3.8) is 0 Å². The zero-order valence-electron chi connectivity index (χ0n) is 12.7. The van der Waals surface area contributed by atoms with E-state index in [1.54, 1.807) is 19.2 Å². The highest BCUT2D eigenvalue weighted by Gasteiger charge is 2.24. The smallest absolute Gasteiger partial charge is 0.293 e. The average Bonchev–Trinajstić information content (AvgIpc) is 2.60. The summed E-state index contributed by atoms with van der Waals surface area (Å²) in [5.41, 5.74) is 3.14. The maximum absolute atomic E-state index is 11.3. The van der Waals surface area contributed by atoms with Gasteiger partial charge in [-0.25, -0.2) is 0 Å². The van der Waals surface area contributed by atoms with Crippen molar-refractivity contribution in [2.45, 2.75) is 13.0 Å². The first kappa shape index (κ1) is 14.9. The summed E-state index contributed by atoms with van der Waals surface area (Å²) in [6.07, 6.45) is 0.816. The minimum atomic E-state index is -0.433. The number of hydrogen-bond donors (Lipinski definition) is 0. The number of nitro benzene ring substituents is 1. The number of ether oxygens (including phenoxy) is 1.